The Kier molecular flexibility index (Phi) is 5.24. The van der Waals surface area contributed by atoms with E-state index in [-0.39, 0.29) is 5.82 Å². The molecule has 0 aliphatic heterocycles. The van der Waals surface area contributed by atoms with Gasteiger partial charge in [0.2, 0.25) is 0 Å². The number of rotatable bonds is 6. The van der Waals surface area contributed by atoms with Crippen LogP contribution in [0.1, 0.15) is 18.9 Å². The van der Waals surface area contributed by atoms with Crippen molar-refractivity contribution in [2.75, 3.05) is 11.9 Å². The summed E-state index contributed by atoms with van der Waals surface area (Å²) >= 11 is 6.01. The zero-order valence-electron chi connectivity index (χ0n) is 11.3. The van der Waals surface area contributed by atoms with Crippen molar-refractivity contribution in [2.45, 2.75) is 19.9 Å². The van der Waals surface area contributed by atoms with Crippen molar-refractivity contribution in [2.24, 2.45) is 0 Å². The lowest BCUT2D eigenvalue weighted by Gasteiger charge is -2.13. The lowest BCUT2D eigenvalue weighted by atomic mass is 10.2. The molecule has 0 unspecified atom stereocenters. The maximum absolute atomic E-state index is 13.0. The van der Waals surface area contributed by atoms with Crippen molar-refractivity contribution in [3.63, 3.8) is 0 Å². The molecular weight excluding hydrogens is 277 g/mol. The van der Waals surface area contributed by atoms with Gasteiger partial charge in [-0.05, 0) is 36.2 Å². The molecule has 2 rings (SSSR count). The van der Waals surface area contributed by atoms with Gasteiger partial charge in [0.25, 0.3) is 0 Å². The Hall–Kier alpha value is -1.74. The van der Waals surface area contributed by atoms with Crippen molar-refractivity contribution >= 4 is 17.3 Å². The Morgan fingerprint density at radius 1 is 1.20 bits per heavy atom. The fourth-order valence-corrected chi connectivity index (χ4v) is 2.04. The highest BCUT2D eigenvalue weighted by atomic mass is 35.5. The topological polar surface area (TPSA) is 21.3 Å². The molecule has 0 bridgehead atoms. The molecule has 20 heavy (non-hydrogen) atoms. The van der Waals surface area contributed by atoms with E-state index in [0.717, 1.165) is 23.4 Å². The van der Waals surface area contributed by atoms with Crippen LogP contribution >= 0.6 is 11.6 Å². The van der Waals surface area contributed by atoms with Crippen LogP contribution in [0.15, 0.2) is 42.5 Å². The molecule has 0 saturated heterocycles. The second kappa shape index (κ2) is 7.15. The molecule has 4 heteroatoms. The van der Waals surface area contributed by atoms with Gasteiger partial charge in [-0.2, -0.15) is 0 Å². The highest BCUT2D eigenvalue weighted by molar-refractivity contribution is 6.31. The SMILES string of the molecule is CCCOc1ccccc1NCc1ccc(F)cc1Cl. The zero-order chi connectivity index (χ0) is 14.4. The van der Waals surface area contributed by atoms with E-state index in [1.54, 1.807) is 6.07 Å². The third-order valence-electron chi connectivity index (χ3n) is 2.83. The van der Waals surface area contributed by atoms with Crippen molar-refractivity contribution in [1.82, 2.24) is 0 Å². The Morgan fingerprint density at radius 3 is 2.75 bits per heavy atom. The summed E-state index contributed by atoms with van der Waals surface area (Å²) in [6.45, 7) is 3.26. The molecule has 2 nitrogen and oxygen atoms in total. The summed E-state index contributed by atoms with van der Waals surface area (Å²) in [5, 5.41) is 3.69. The van der Waals surface area contributed by atoms with E-state index in [9.17, 15) is 4.39 Å². The van der Waals surface area contributed by atoms with E-state index in [2.05, 4.69) is 12.2 Å². The number of halogens is 2. The van der Waals surface area contributed by atoms with Crippen LogP contribution in [-0.4, -0.2) is 6.61 Å². The largest absolute Gasteiger partial charge is 0.491 e. The average Bonchev–Trinajstić information content (AvgIpc) is 2.45. The number of nitrogens with one attached hydrogen (secondary N) is 1. The lowest BCUT2D eigenvalue weighted by molar-refractivity contribution is 0.319. The number of hydrogen-bond donors (Lipinski definition) is 1. The van der Waals surface area contributed by atoms with Crippen LogP contribution in [0.3, 0.4) is 0 Å². The second-order valence-electron chi connectivity index (χ2n) is 4.43. The third kappa shape index (κ3) is 3.87. The maximum atomic E-state index is 13.0. The quantitative estimate of drug-likeness (QED) is 0.819. The summed E-state index contributed by atoms with van der Waals surface area (Å²) in [5.74, 6) is 0.484. The first-order valence-corrected chi connectivity index (χ1v) is 6.98. The summed E-state index contributed by atoms with van der Waals surface area (Å²) in [4.78, 5) is 0. The Bertz CT molecular complexity index is 574. The Morgan fingerprint density at radius 2 is 2.00 bits per heavy atom. The number of anilines is 1. The third-order valence-corrected chi connectivity index (χ3v) is 3.19. The van der Waals surface area contributed by atoms with Gasteiger partial charge in [-0.25, -0.2) is 4.39 Å². The first kappa shape index (κ1) is 14.7. The van der Waals surface area contributed by atoms with Crippen molar-refractivity contribution < 1.29 is 9.13 Å². The maximum Gasteiger partial charge on any atom is 0.142 e. The van der Waals surface area contributed by atoms with E-state index in [1.807, 2.05) is 24.3 Å². The minimum atomic E-state index is -0.328. The van der Waals surface area contributed by atoms with Gasteiger partial charge in [-0.15, -0.1) is 0 Å². The smallest absolute Gasteiger partial charge is 0.142 e. The molecule has 0 saturated carbocycles. The second-order valence-corrected chi connectivity index (χ2v) is 4.84. The predicted molar refractivity (Wildman–Crippen MR) is 81.0 cm³/mol. The van der Waals surface area contributed by atoms with Crippen molar-refractivity contribution in [3.8, 4) is 5.75 Å². The van der Waals surface area contributed by atoms with Gasteiger partial charge < -0.3 is 10.1 Å². The molecule has 0 atom stereocenters. The summed E-state index contributed by atoms with van der Waals surface area (Å²) in [6.07, 6.45) is 0.956. The molecule has 0 heterocycles. The van der Waals surface area contributed by atoms with Crippen LogP contribution in [0.2, 0.25) is 5.02 Å². The number of benzene rings is 2. The molecule has 0 fully saturated rings. The van der Waals surface area contributed by atoms with E-state index in [4.69, 9.17) is 16.3 Å². The molecule has 0 amide bonds. The van der Waals surface area contributed by atoms with E-state index < -0.39 is 0 Å². The van der Waals surface area contributed by atoms with Gasteiger partial charge in [-0.1, -0.05) is 36.7 Å². The Labute approximate surface area is 123 Å². The van der Waals surface area contributed by atoms with Gasteiger partial charge in [0, 0.05) is 11.6 Å². The van der Waals surface area contributed by atoms with Crippen LogP contribution in [0.5, 0.6) is 5.75 Å². The summed E-state index contributed by atoms with van der Waals surface area (Å²) in [6, 6.07) is 12.1. The molecule has 0 aliphatic carbocycles. The first-order chi connectivity index (χ1) is 9.70. The normalized spacial score (nSPS) is 10.3. The summed E-state index contributed by atoms with van der Waals surface area (Å²) in [5.41, 5.74) is 1.75. The first-order valence-electron chi connectivity index (χ1n) is 6.60. The molecule has 0 aromatic heterocycles. The number of para-hydroxylation sites is 2. The molecule has 2 aromatic rings. The van der Waals surface area contributed by atoms with Gasteiger partial charge in [0.05, 0.1) is 12.3 Å². The van der Waals surface area contributed by atoms with Crippen LogP contribution in [0.4, 0.5) is 10.1 Å². The summed E-state index contributed by atoms with van der Waals surface area (Å²) < 4.78 is 18.7. The number of hydrogen-bond acceptors (Lipinski definition) is 2. The van der Waals surface area contributed by atoms with E-state index >= 15 is 0 Å². The van der Waals surface area contributed by atoms with Crippen LogP contribution in [0.25, 0.3) is 0 Å². The standard InChI is InChI=1S/C16H17ClFNO/c1-2-9-20-16-6-4-3-5-15(16)19-11-12-7-8-13(18)10-14(12)17/h3-8,10,19H,2,9,11H2,1H3. The zero-order valence-corrected chi connectivity index (χ0v) is 12.1. The fraction of sp³-hybridized carbons (Fsp3) is 0.250. The van der Waals surface area contributed by atoms with Crippen molar-refractivity contribution in [1.29, 1.82) is 0 Å². The Balaban J connectivity index is 2.06. The summed E-state index contributed by atoms with van der Waals surface area (Å²) in [7, 11) is 0. The van der Waals surface area contributed by atoms with Crippen molar-refractivity contribution in [3.05, 3.63) is 58.9 Å². The van der Waals surface area contributed by atoms with E-state index in [0.29, 0.717) is 18.2 Å². The van der Waals surface area contributed by atoms with E-state index in [1.165, 1.54) is 12.1 Å². The van der Waals surface area contributed by atoms with Crippen LogP contribution < -0.4 is 10.1 Å². The molecule has 0 spiro atoms. The minimum absolute atomic E-state index is 0.328. The van der Waals surface area contributed by atoms with Gasteiger partial charge in [-0.3, -0.25) is 0 Å². The van der Waals surface area contributed by atoms with Gasteiger partial charge >= 0.3 is 0 Å². The number of ether oxygens (including phenoxy) is 1. The predicted octanol–water partition coefficient (Wildman–Crippen LogP) is 4.88. The molecule has 2 aromatic carbocycles. The molecule has 106 valence electrons. The minimum Gasteiger partial charge on any atom is -0.491 e. The fourth-order valence-electron chi connectivity index (χ4n) is 1.81. The average molecular weight is 294 g/mol. The highest BCUT2D eigenvalue weighted by Crippen LogP contribution is 2.25. The van der Waals surface area contributed by atoms with Gasteiger partial charge in [0.1, 0.15) is 11.6 Å². The highest BCUT2D eigenvalue weighted by Gasteiger charge is 2.05. The van der Waals surface area contributed by atoms with Crippen LogP contribution in [0, 0.1) is 5.82 Å². The molecular formula is C16H17ClFNO. The monoisotopic (exact) mass is 293 g/mol. The van der Waals surface area contributed by atoms with Gasteiger partial charge in [0.15, 0.2) is 0 Å². The lowest BCUT2D eigenvalue weighted by Crippen LogP contribution is -2.04. The molecule has 1 N–H and O–H groups in total. The van der Waals surface area contributed by atoms with Crippen LogP contribution in [-0.2, 0) is 6.54 Å². The molecule has 0 radical (unpaired) electrons. The molecule has 0 aliphatic rings.